The smallest absolute Gasteiger partial charge is 0.429 e. The lowest BCUT2D eigenvalue weighted by Gasteiger charge is -2.21. The van der Waals surface area contributed by atoms with Gasteiger partial charge in [0.1, 0.15) is 34.6 Å². The lowest BCUT2D eigenvalue weighted by atomic mass is 9.96. The van der Waals surface area contributed by atoms with Gasteiger partial charge in [-0.15, -0.1) is 13.2 Å². The van der Waals surface area contributed by atoms with Gasteiger partial charge in [-0.05, 0) is 70.8 Å². The van der Waals surface area contributed by atoms with Crippen molar-refractivity contribution in [1.82, 2.24) is 0 Å². The average molecular weight is 632 g/mol. The van der Waals surface area contributed by atoms with Crippen molar-refractivity contribution in [3.8, 4) is 33.8 Å². The molecule has 5 rings (SSSR count). The summed E-state index contributed by atoms with van der Waals surface area (Å²) in [6, 6.07) is 7.39. The van der Waals surface area contributed by atoms with Crippen LogP contribution in [0.15, 0.2) is 54.6 Å². The van der Waals surface area contributed by atoms with Crippen molar-refractivity contribution in [1.29, 1.82) is 0 Å². The van der Waals surface area contributed by atoms with Gasteiger partial charge in [0.15, 0.2) is 11.6 Å². The highest BCUT2D eigenvalue weighted by Gasteiger charge is 2.42. The maximum Gasteiger partial charge on any atom is 0.573 e. The van der Waals surface area contributed by atoms with Crippen LogP contribution in [0.25, 0.3) is 22.3 Å². The molecule has 1 atom stereocenters. The second-order valence-corrected chi connectivity index (χ2v) is 10.2. The monoisotopic (exact) mass is 632 g/mol. The van der Waals surface area contributed by atoms with Crippen LogP contribution in [0.4, 0.5) is 48.3 Å². The van der Waals surface area contributed by atoms with Crippen LogP contribution >= 0.6 is 0 Å². The third-order valence-corrected chi connectivity index (χ3v) is 7.23. The lowest BCUT2D eigenvalue weighted by molar-refractivity contribution is -0.276. The maximum atomic E-state index is 15.2. The van der Waals surface area contributed by atoms with E-state index in [0.717, 1.165) is 42.5 Å². The van der Waals surface area contributed by atoms with Crippen LogP contribution in [0, 0.1) is 40.8 Å². The van der Waals surface area contributed by atoms with Gasteiger partial charge in [0.2, 0.25) is 5.75 Å². The summed E-state index contributed by atoms with van der Waals surface area (Å²) in [5.74, 6) is -13.8. The van der Waals surface area contributed by atoms with Crippen molar-refractivity contribution in [3.05, 3.63) is 106 Å². The van der Waals surface area contributed by atoms with Gasteiger partial charge in [0, 0.05) is 12.1 Å². The van der Waals surface area contributed by atoms with Gasteiger partial charge in [0.05, 0.1) is 5.56 Å². The summed E-state index contributed by atoms with van der Waals surface area (Å²) >= 11 is 0. The summed E-state index contributed by atoms with van der Waals surface area (Å²) in [7, 11) is 0. The number of benzene rings is 4. The molecule has 1 aliphatic carbocycles. The SMILES string of the molecule is CCC1Cc2ccc(-c3cc(F)c(-c4cc(F)c(C(F)(F)Oc5cc(F)c(OC(F)(F)F)c(F)c5)c(F)c4)c(F)c3)cc2C1. The molecule has 13 heteroatoms. The third kappa shape index (κ3) is 6.18. The zero-order valence-corrected chi connectivity index (χ0v) is 22.4. The molecule has 4 aromatic rings. The summed E-state index contributed by atoms with van der Waals surface area (Å²) in [6.07, 6.45) is -7.85. The molecular weight excluding hydrogens is 613 g/mol. The molecule has 1 unspecified atom stereocenters. The molecule has 0 aromatic heterocycles. The average Bonchev–Trinajstić information content (AvgIpc) is 3.32. The van der Waals surface area contributed by atoms with E-state index < -0.39 is 75.6 Å². The summed E-state index contributed by atoms with van der Waals surface area (Å²) in [5, 5.41) is 0. The Labute approximate surface area is 242 Å². The van der Waals surface area contributed by atoms with E-state index in [1.54, 1.807) is 6.07 Å². The normalized spacial score (nSPS) is 15.0. The van der Waals surface area contributed by atoms with Crippen molar-refractivity contribution >= 4 is 0 Å². The van der Waals surface area contributed by atoms with Gasteiger partial charge in [-0.25, -0.2) is 26.3 Å². The minimum absolute atomic E-state index is 0.127. The third-order valence-electron chi connectivity index (χ3n) is 7.23. The predicted molar refractivity (Wildman–Crippen MR) is 136 cm³/mol. The Morgan fingerprint density at radius 1 is 0.614 bits per heavy atom. The first-order valence-corrected chi connectivity index (χ1v) is 13.0. The summed E-state index contributed by atoms with van der Waals surface area (Å²) in [5.41, 5.74) is -0.995. The first-order chi connectivity index (χ1) is 20.6. The van der Waals surface area contributed by atoms with Gasteiger partial charge in [-0.3, -0.25) is 0 Å². The summed E-state index contributed by atoms with van der Waals surface area (Å²) in [6.45, 7) is 2.06. The van der Waals surface area contributed by atoms with E-state index >= 15 is 8.78 Å². The van der Waals surface area contributed by atoms with Crippen molar-refractivity contribution in [3.63, 3.8) is 0 Å². The first-order valence-electron chi connectivity index (χ1n) is 13.0. The number of hydrogen-bond donors (Lipinski definition) is 0. The quantitative estimate of drug-likeness (QED) is 0.189. The molecule has 1 aliphatic rings. The Kier molecular flexibility index (Phi) is 8.02. The van der Waals surface area contributed by atoms with Crippen LogP contribution in [-0.4, -0.2) is 6.36 Å². The second-order valence-electron chi connectivity index (χ2n) is 10.2. The largest absolute Gasteiger partial charge is 0.573 e. The van der Waals surface area contributed by atoms with E-state index in [1.807, 2.05) is 12.1 Å². The van der Waals surface area contributed by atoms with E-state index in [4.69, 9.17) is 0 Å². The molecule has 232 valence electrons. The molecule has 0 fully saturated rings. The fraction of sp³-hybridized carbons (Fsp3) is 0.226. The van der Waals surface area contributed by atoms with Crippen LogP contribution in [0.3, 0.4) is 0 Å². The zero-order valence-electron chi connectivity index (χ0n) is 22.4. The van der Waals surface area contributed by atoms with Crippen LogP contribution in [0.1, 0.15) is 30.0 Å². The number of rotatable bonds is 7. The Hall–Kier alpha value is -4.29. The maximum absolute atomic E-state index is 15.2. The Bertz CT molecular complexity index is 1680. The van der Waals surface area contributed by atoms with Gasteiger partial charge < -0.3 is 9.47 Å². The molecule has 44 heavy (non-hydrogen) atoms. The zero-order chi connectivity index (χ0) is 32.1. The van der Waals surface area contributed by atoms with Crippen LogP contribution in [-0.2, 0) is 19.0 Å². The van der Waals surface area contributed by atoms with Crippen LogP contribution in [0.2, 0.25) is 0 Å². The number of ether oxygens (including phenoxy) is 2. The summed E-state index contributed by atoms with van der Waals surface area (Å²) < 4.78 is 161. The number of alkyl halides is 5. The standard InChI is InChI=1S/C31H19F11O2/c1-2-14-5-15-3-4-16(7-17(15)6-14)18-8-21(32)27(22(33)9-18)19-10-23(34)28(24(35)11-19)30(38,39)43-20-12-25(36)29(26(37)13-20)44-31(40,41)42/h3-4,7-14H,2,5-6H2,1H3. The van der Waals surface area contributed by atoms with Crippen LogP contribution < -0.4 is 9.47 Å². The van der Waals surface area contributed by atoms with E-state index in [-0.39, 0.29) is 29.8 Å². The molecule has 0 amide bonds. The lowest BCUT2D eigenvalue weighted by Crippen LogP contribution is -2.25. The van der Waals surface area contributed by atoms with E-state index in [9.17, 15) is 39.5 Å². The van der Waals surface area contributed by atoms with Gasteiger partial charge in [0.25, 0.3) is 0 Å². The molecule has 2 nitrogen and oxygen atoms in total. The molecular formula is C31H19F11O2. The van der Waals surface area contributed by atoms with Gasteiger partial charge in [-0.1, -0.05) is 31.5 Å². The predicted octanol–water partition coefficient (Wildman–Crippen LogP) is 10.0. The molecule has 0 N–H and O–H groups in total. The Morgan fingerprint density at radius 3 is 1.70 bits per heavy atom. The van der Waals surface area contributed by atoms with Gasteiger partial charge in [-0.2, -0.15) is 8.78 Å². The molecule has 0 spiro atoms. The van der Waals surface area contributed by atoms with Crippen molar-refractivity contribution < 1.29 is 57.8 Å². The Balaban J connectivity index is 1.44. The molecule has 0 heterocycles. The number of halogens is 11. The highest BCUT2D eigenvalue weighted by Crippen LogP contribution is 2.41. The Morgan fingerprint density at radius 2 is 1.16 bits per heavy atom. The molecule has 0 bridgehead atoms. The van der Waals surface area contributed by atoms with Crippen molar-refractivity contribution in [2.75, 3.05) is 0 Å². The van der Waals surface area contributed by atoms with Crippen LogP contribution in [0.5, 0.6) is 11.5 Å². The molecule has 0 aliphatic heterocycles. The van der Waals surface area contributed by atoms with E-state index in [1.165, 1.54) is 0 Å². The number of fused-ring (bicyclic) bond motifs is 1. The summed E-state index contributed by atoms with van der Waals surface area (Å²) in [4.78, 5) is 0. The fourth-order valence-electron chi connectivity index (χ4n) is 5.20. The van der Waals surface area contributed by atoms with Crippen molar-refractivity contribution in [2.24, 2.45) is 5.92 Å². The first kappa shape index (κ1) is 31.1. The highest BCUT2D eigenvalue weighted by molar-refractivity contribution is 5.73. The van der Waals surface area contributed by atoms with Crippen molar-refractivity contribution in [2.45, 2.75) is 38.7 Å². The number of hydrogen-bond acceptors (Lipinski definition) is 2. The second kappa shape index (κ2) is 11.3. The molecule has 0 radical (unpaired) electrons. The molecule has 0 saturated carbocycles. The minimum atomic E-state index is -5.53. The molecule has 4 aromatic carbocycles. The van der Waals surface area contributed by atoms with E-state index in [0.29, 0.717) is 11.5 Å². The van der Waals surface area contributed by atoms with Gasteiger partial charge >= 0.3 is 12.5 Å². The fourth-order valence-corrected chi connectivity index (χ4v) is 5.20. The highest BCUT2D eigenvalue weighted by atomic mass is 19.4. The van der Waals surface area contributed by atoms with E-state index in [2.05, 4.69) is 16.4 Å². The minimum Gasteiger partial charge on any atom is -0.429 e. The molecule has 0 saturated heterocycles. The topological polar surface area (TPSA) is 18.5 Å².